The second-order valence-corrected chi connectivity index (χ2v) is 7.13. The highest BCUT2D eigenvalue weighted by atomic mass is 19.4. The zero-order chi connectivity index (χ0) is 27.5. The van der Waals surface area contributed by atoms with Crippen LogP contribution in [0.25, 0.3) is 11.1 Å². The van der Waals surface area contributed by atoms with Gasteiger partial charge in [-0.05, 0) is 35.4 Å². The van der Waals surface area contributed by atoms with E-state index >= 15 is 0 Å². The summed E-state index contributed by atoms with van der Waals surface area (Å²) < 4.78 is 170. The zero-order valence-corrected chi connectivity index (χ0v) is 16.8. The summed E-state index contributed by atoms with van der Waals surface area (Å²) in [6.07, 6.45) is -20.9. The van der Waals surface area contributed by atoms with E-state index in [9.17, 15) is 62.6 Å². The van der Waals surface area contributed by atoms with Crippen LogP contribution >= 0.6 is 0 Å². The number of alkyl halides is 12. The molecule has 5 nitrogen and oxygen atoms in total. The maximum absolute atomic E-state index is 14.9. The third kappa shape index (κ3) is 4.08. The number of esters is 1. The van der Waals surface area contributed by atoms with Crippen molar-refractivity contribution in [1.82, 2.24) is 4.90 Å². The highest BCUT2D eigenvalue weighted by molar-refractivity contribution is 5.82. The van der Waals surface area contributed by atoms with Gasteiger partial charge in [-0.25, -0.2) is 13.9 Å². The summed E-state index contributed by atoms with van der Waals surface area (Å²) in [5.74, 6) is -11.9. The number of hydrogen-bond donors (Lipinski definition) is 1. The van der Waals surface area contributed by atoms with Gasteiger partial charge in [-0.1, -0.05) is 24.3 Å². The van der Waals surface area contributed by atoms with E-state index in [2.05, 4.69) is 4.74 Å². The molecule has 1 saturated heterocycles. The molecule has 3 rings (SSSR count). The summed E-state index contributed by atoms with van der Waals surface area (Å²) in [5.41, 5.74) is 0.584. The molecule has 1 aliphatic heterocycles. The quantitative estimate of drug-likeness (QED) is 0.226. The average molecular weight is 543 g/mol. The number of ether oxygens (including phenoxy) is 2. The fourth-order valence-corrected chi connectivity index (χ4v) is 2.99. The molecule has 36 heavy (non-hydrogen) atoms. The van der Waals surface area contributed by atoms with Crippen LogP contribution in [0.4, 0.5) is 52.7 Å². The van der Waals surface area contributed by atoms with Crippen molar-refractivity contribution in [2.45, 2.75) is 36.3 Å². The largest absolute Gasteiger partial charge is 0.508 e. The zero-order valence-electron chi connectivity index (χ0n) is 16.8. The Balaban J connectivity index is 2.05. The number of hydrogen-bond acceptors (Lipinski definition) is 5. The smallest absolute Gasteiger partial charge is 0.448 e. The van der Waals surface area contributed by atoms with Crippen LogP contribution in [0.15, 0.2) is 48.5 Å². The van der Waals surface area contributed by atoms with E-state index < -0.39 is 52.9 Å². The van der Waals surface area contributed by atoms with E-state index in [1.165, 1.54) is 24.3 Å². The third-order valence-corrected chi connectivity index (χ3v) is 4.74. The first-order valence-corrected chi connectivity index (χ1v) is 9.08. The SMILES string of the molecule is O=C(Oc1ccc(-c2ccc(O)cc2)cc1)C(F)(N1C(F)(F)C(F)(F)OC(F)(F)C1(F)F)C(F)(F)F. The Bertz CT molecular complexity index is 1110. The lowest BCUT2D eigenvalue weighted by Gasteiger charge is -2.50. The van der Waals surface area contributed by atoms with E-state index in [1.807, 2.05) is 4.74 Å². The lowest BCUT2D eigenvalue weighted by molar-refractivity contribution is -0.583. The number of benzene rings is 2. The van der Waals surface area contributed by atoms with Crippen LogP contribution in [0.1, 0.15) is 0 Å². The molecule has 0 aliphatic carbocycles. The van der Waals surface area contributed by atoms with E-state index in [1.54, 1.807) is 0 Å². The molecule has 0 aromatic heterocycles. The molecule has 0 bridgehead atoms. The first kappa shape index (κ1) is 27.4. The number of phenolic OH excluding ortho intramolecular Hbond substituents is 1. The van der Waals surface area contributed by atoms with Gasteiger partial charge in [0.05, 0.1) is 0 Å². The molecule has 2 aromatic rings. The summed E-state index contributed by atoms with van der Waals surface area (Å²) in [7, 11) is 0. The molecular formula is C19H9F12NO4. The molecule has 1 unspecified atom stereocenters. The van der Waals surface area contributed by atoms with Crippen LogP contribution in [-0.2, 0) is 9.53 Å². The molecule has 0 amide bonds. The Morgan fingerprint density at radius 2 is 1.14 bits per heavy atom. The molecule has 0 radical (unpaired) electrons. The van der Waals surface area contributed by atoms with Crippen LogP contribution in [0.5, 0.6) is 11.5 Å². The summed E-state index contributed by atoms with van der Waals surface area (Å²) in [6, 6.07) is -5.95. The van der Waals surface area contributed by atoms with Gasteiger partial charge in [0, 0.05) is 0 Å². The monoisotopic (exact) mass is 543 g/mol. The van der Waals surface area contributed by atoms with E-state index in [-0.39, 0.29) is 11.3 Å². The molecule has 1 atom stereocenters. The van der Waals surface area contributed by atoms with Crippen LogP contribution in [0, 0.1) is 0 Å². The van der Waals surface area contributed by atoms with Crippen molar-refractivity contribution in [1.29, 1.82) is 0 Å². The van der Waals surface area contributed by atoms with Crippen molar-refractivity contribution in [2.24, 2.45) is 0 Å². The Hall–Kier alpha value is -3.21. The van der Waals surface area contributed by atoms with E-state index in [0.29, 0.717) is 17.7 Å². The van der Waals surface area contributed by atoms with Gasteiger partial charge in [0.1, 0.15) is 11.5 Å². The Morgan fingerprint density at radius 1 is 0.750 bits per heavy atom. The van der Waals surface area contributed by atoms with Crippen molar-refractivity contribution in [3.63, 3.8) is 0 Å². The van der Waals surface area contributed by atoms with Crippen molar-refractivity contribution in [3.05, 3.63) is 48.5 Å². The number of carbonyl (C=O) groups is 1. The lowest BCUT2D eigenvalue weighted by atomic mass is 10.1. The van der Waals surface area contributed by atoms with E-state index in [4.69, 9.17) is 0 Å². The summed E-state index contributed by atoms with van der Waals surface area (Å²) in [6.45, 7) is 0. The first-order valence-electron chi connectivity index (χ1n) is 9.08. The standard InChI is InChI=1S/C19H9F12NO4/c20-14(15(21,22)23,32-16(24,25)18(28,29)36-19(30,31)17(32,26)27)13(34)35-12-7-3-10(4-8-12)9-1-5-11(33)6-2-9/h1-8,33H. The molecule has 0 saturated carbocycles. The summed E-state index contributed by atoms with van der Waals surface area (Å²) >= 11 is 0. The van der Waals surface area contributed by atoms with E-state index in [0.717, 1.165) is 12.1 Å². The van der Waals surface area contributed by atoms with Crippen LogP contribution < -0.4 is 4.74 Å². The summed E-state index contributed by atoms with van der Waals surface area (Å²) in [5, 5.41) is 9.24. The van der Waals surface area contributed by atoms with Crippen LogP contribution in [0.2, 0.25) is 0 Å². The molecule has 1 heterocycles. The van der Waals surface area contributed by atoms with Gasteiger partial charge in [0.15, 0.2) is 0 Å². The number of nitrogens with zero attached hydrogens (tertiary/aromatic N) is 1. The normalized spacial score (nSPS) is 22.4. The number of halogens is 12. The fourth-order valence-electron chi connectivity index (χ4n) is 2.99. The highest BCUT2D eigenvalue weighted by Crippen LogP contribution is 2.60. The van der Waals surface area contributed by atoms with Gasteiger partial charge >= 0.3 is 42.2 Å². The third-order valence-electron chi connectivity index (χ3n) is 4.74. The van der Waals surface area contributed by atoms with Gasteiger partial charge in [-0.3, -0.25) is 0 Å². The average Bonchev–Trinajstić information content (AvgIpc) is 2.72. The van der Waals surface area contributed by atoms with Gasteiger partial charge in [-0.2, -0.15) is 48.3 Å². The van der Waals surface area contributed by atoms with Gasteiger partial charge in [-0.15, -0.1) is 4.90 Å². The van der Waals surface area contributed by atoms with Gasteiger partial charge in [0.25, 0.3) is 0 Å². The highest BCUT2D eigenvalue weighted by Gasteiger charge is 2.91. The molecule has 1 aliphatic rings. The molecule has 2 aromatic carbocycles. The first-order chi connectivity index (χ1) is 16.2. The lowest BCUT2D eigenvalue weighted by Crippen LogP contribution is -2.82. The number of aromatic hydroxyl groups is 1. The molecule has 0 spiro atoms. The minimum atomic E-state index is -7.24. The number of phenols is 1. The molecule has 1 N–H and O–H groups in total. The molecule has 1 fully saturated rings. The topological polar surface area (TPSA) is 59.0 Å². The second kappa shape index (κ2) is 8.16. The summed E-state index contributed by atoms with van der Waals surface area (Å²) in [4.78, 5) is 8.38. The minimum absolute atomic E-state index is 0.149. The van der Waals surface area contributed by atoms with Gasteiger partial charge in [0.2, 0.25) is 0 Å². The van der Waals surface area contributed by atoms with Crippen molar-refractivity contribution < 1.29 is 72.1 Å². The maximum atomic E-state index is 14.9. The van der Waals surface area contributed by atoms with Crippen LogP contribution in [0.3, 0.4) is 0 Å². The minimum Gasteiger partial charge on any atom is -0.508 e. The number of rotatable bonds is 4. The predicted octanol–water partition coefficient (Wildman–Crippen LogP) is 5.90. The number of carbonyl (C=O) groups excluding carboxylic acids is 1. The fraction of sp³-hybridized carbons (Fsp3) is 0.316. The number of morpholine rings is 1. The van der Waals surface area contributed by atoms with Crippen molar-refractivity contribution in [3.8, 4) is 22.6 Å². The van der Waals surface area contributed by atoms with Gasteiger partial charge < -0.3 is 9.84 Å². The molecule has 198 valence electrons. The Morgan fingerprint density at radius 3 is 1.53 bits per heavy atom. The second-order valence-electron chi connectivity index (χ2n) is 7.13. The molecule has 17 heteroatoms. The predicted molar refractivity (Wildman–Crippen MR) is 91.8 cm³/mol. The van der Waals surface area contributed by atoms with Crippen molar-refractivity contribution in [2.75, 3.05) is 0 Å². The Kier molecular flexibility index (Phi) is 6.20. The molecular weight excluding hydrogens is 534 g/mol. The van der Waals surface area contributed by atoms with Crippen molar-refractivity contribution >= 4 is 5.97 Å². The Labute approximate surface area is 191 Å². The van der Waals surface area contributed by atoms with Crippen LogP contribution in [-0.4, -0.2) is 52.3 Å². The maximum Gasteiger partial charge on any atom is 0.448 e.